The Hall–Kier alpha value is -4.68. The van der Waals surface area contributed by atoms with E-state index in [1.54, 1.807) is 42.9 Å². The molecule has 12 nitrogen and oxygen atoms in total. The number of esters is 2. The van der Waals surface area contributed by atoms with Gasteiger partial charge >= 0.3 is 11.9 Å². The molecule has 196 valence electrons. The SMILES string of the molecule is C=CC(=O)OC[C@H]1OC(=O)[C@H](NC(=O)c2ccc(C)c(Nc3nccc(-c4cccnc4)n3)c2)[C@@H](O)[C@@H]1O. The van der Waals surface area contributed by atoms with Gasteiger partial charge in [0, 0.05) is 41.5 Å². The molecule has 1 amide bonds. The molecule has 1 saturated heterocycles. The highest BCUT2D eigenvalue weighted by atomic mass is 16.6. The van der Waals surface area contributed by atoms with Gasteiger partial charge < -0.3 is 30.3 Å². The van der Waals surface area contributed by atoms with Crippen LogP contribution in [0.1, 0.15) is 15.9 Å². The van der Waals surface area contributed by atoms with Gasteiger partial charge in [0.2, 0.25) is 5.95 Å². The van der Waals surface area contributed by atoms with E-state index in [0.717, 1.165) is 17.2 Å². The molecular formula is C26H25N5O7. The van der Waals surface area contributed by atoms with Crippen molar-refractivity contribution in [2.45, 2.75) is 31.3 Å². The second-order valence-corrected chi connectivity index (χ2v) is 8.40. The Morgan fingerprint density at radius 1 is 1.18 bits per heavy atom. The van der Waals surface area contributed by atoms with E-state index in [0.29, 0.717) is 17.3 Å². The fourth-order valence-electron chi connectivity index (χ4n) is 3.69. The molecule has 0 radical (unpaired) electrons. The fraction of sp³-hybridized carbons (Fsp3) is 0.231. The summed E-state index contributed by atoms with van der Waals surface area (Å²) in [6.45, 7) is 4.59. The predicted molar refractivity (Wildman–Crippen MR) is 134 cm³/mol. The van der Waals surface area contributed by atoms with Crippen molar-refractivity contribution in [1.82, 2.24) is 20.3 Å². The number of rotatable bonds is 8. The number of hydrogen-bond donors (Lipinski definition) is 4. The lowest BCUT2D eigenvalue weighted by Gasteiger charge is -2.36. The number of aromatic nitrogens is 3. The number of hydrogen-bond acceptors (Lipinski definition) is 11. The van der Waals surface area contributed by atoms with Gasteiger partial charge in [0.05, 0.1) is 5.69 Å². The number of aryl methyl sites for hydroxylation is 1. The van der Waals surface area contributed by atoms with Crippen LogP contribution in [0.5, 0.6) is 0 Å². The smallest absolute Gasteiger partial charge is 0.331 e. The van der Waals surface area contributed by atoms with Crippen molar-refractivity contribution in [2.75, 3.05) is 11.9 Å². The van der Waals surface area contributed by atoms with Gasteiger partial charge in [-0.1, -0.05) is 12.6 Å². The molecular weight excluding hydrogens is 494 g/mol. The average Bonchev–Trinajstić information content (AvgIpc) is 2.93. The molecule has 3 aromatic rings. The Labute approximate surface area is 217 Å². The first-order valence-electron chi connectivity index (χ1n) is 11.5. The van der Waals surface area contributed by atoms with E-state index in [-0.39, 0.29) is 5.56 Å². The highest BCUT2D eigenvalue weighted by Crippen LogP contribution is 2.23. The monoisotopic (exact) mass is 519 g/mol. The fourth-order valence-corrected chi connectivity index (χ4v) is 3.69. The summed E-state index contributed by atoms with van der Waals surface area (Å²) in [6, 6.07) is 8.64. The van der Waals surface area contributed by atoms with Crippen LogP contribution in [0.25, 0.3) is 11.3 Å². The number of nitrogens with one attached hydrogen (secondary N) is 2. The van der Waals surface area contributed by atoms with Crippen molar-refractivity contribution in [3.05, 3.63) is 78.8 Å². The van der Waals surface area contributed by atoms with E-state index >= 15 is 0 Å². The van der Waals surface area contributed by atoms with Crippen molar-refractivity contribution in [2.24, 2.45) is 0 Å². The van der Waals surface area contributed by atoms with Crippen LogP contribution in [0.2, 0.25) is 0 Å². The van der Waals surface area contributed by atoms with Crippen LogP contribution in [0.4, 0.5) is 11.6 Å². The van der Waals surface area contributed by atoms with E-state index < -0.39 is 48.8 Å². The standard InChI is InChI=1S/C26H25N5O7/c1-3-20(32)37-13-19-22(33)23(34)21(25(36)38-19)31-24(35)15-7-6-14(2)18(11-15)30-26-28-10-8-17(29-26)16-5-4-9-27-12-16/h3-12,19,21-23,33-34H,1,13H2,2H3,(H,31,35)(H,28,29,30)/t19-,21-,22-,23-/m1/s1. The van der Waals surface area contributed by atoms with E-state index in [4.69, 9.17) is 9.47 Å². The van der Waals surface area contributed by atoms with Crippen molar-refractivity contribution in [3.63, 3.8) is 0 Å². The molecule has 12 heteroatoms. The molecule has 1 aliphatic heterocycles. The van der Waals surface area contributed by atoms with Crippen LogP contribution < -0.4 is 10.6 Å². The number of cyclic esters (lactones) is 1. The molecule has 2 aromatic heterocycles. The number of ether oxygens (including phenoxy) is 2. The van der Waals surface area contributed by atoms with Crippen molar-refractivity contribution in [3.8, 4) is 11.3 Å². The highest BCUT2D eigenvalue weighted by Gasteiger charge is 2.45. The van der Waals surface area contributed by atoms with E-state index in [9.17, 15) is 24.6 Å². The third kappa shape index (κ3) is 5.99. The highest BCUT2D eigenvalue weighted by molar-refractivity contribution is 5.98. The van der Waals surface area contributed by atoms with Gasteiger partial charge in [-0.2, -0.15) is 0 Å². The Kier molecular flexibility index (Phi) is 8.04. The Bertz CT molecular complexity index is 1350. The van der Waals surface area contributed by atoms with Gasteiger partial charge in [0.1, 0.15) is 18.8 Å². The van der Waals surface area contributed by atoms with Crippen LogP contribution in [0.3, 0.4) is 0 Å². The first kappa shape index (κ1) is 26.4. The molecule has 1 aliphatic rings. The number of benzene rings is 1. The normalized spacial score (nSPS) is 20.7. The number of aliphatic hydroxyl groups is 2. The zero-order valence-electron chi connectivity index (χ0n) is 20.3. The second-order valence-electron chi connectivity index (χ2n) is 8.40. The molecule has 0 unspecified atom stereocenters. The van der Waals surface area contributed by atoms with Crippen LogP contribution in [-0.2, 0) is 19.1 Å². The molecule has 0 bridgehead atoms. The number of aliphatic hydroxyl groups excluding tert-OH is 2. The number of amides is 1. The molecule has 1 fully saturated rings. The number of pyridine rings is 1. The quantitative estimate of drug-likeness (QED) is 0.248. The van der Waals surface area contributed by atoms with Gasteiger partial charge in [-0.3, -0.25) is 9.78 Å². The molecule has 38 heavy (non-hydrogen) atoms. The van der Waals surface area contributed by atoms with Crippen LogP contribution in [-0.4, -0.2) is 74.0 Å². The molecule has 0 spiro atoms. The Morgan fingerprint density at radius 2 is 2.00 bits per heavy atom. The zero-order chi connectivity index (χ0) is 27.2. The zero-order valence-corrected chi connectivity index (χ0v) is 20.3. The molecule has 1 aromatic carbocycles. The van der Waals surface area contributed by atoms with Crippen molar-refractivity contribution in [1.29, 1.82) is 0 Å². The summed E-state index contributed by atoms with van der Waals surface area (Å²) in [6.07, 6.45) is 1.25. The van der Waals surface area contributed by atoms with Crippen molar-refractivity contribution >= 4 is 29.5 Å². The average molecular weight is 520 g/mol. The van der Waals surface area contributed by atoms with Gasteiger partial charge in [-0.15, -0.1) is 0 Å². The largest absolute Gasteiger partial charge is 0.458 e. The van der Waals surface area contributed by atoms with Gasteiger partial charge in [-0.05, 0) is 42.8 Å². The minimum Gasteiger partial charge on any atom is -0.458 e. The Balaban J connectivity index is 1.46. The van der Waals surface area contributed by atoms with Gasteiger partial charge in [0.15, 0.2) is 12.1 Å². The molecule has 4 atom stereocenters. The minimum absolute atomic E-state index is 0.165. The number of carbonyl (C=O) groups is 3. The Morgan fingerprint density at radius 3 is 2.74 bits per heavy atom. The van der Waals surface area contributed by atoms with Gasteiger partial charge in [0.25, 0.3) is 5.91 Å². The topological polar surface area (TPSA) is 173 Å². The molecule has 0 saturated carbocycles. The lowest BCUT2D eigenvalue weighted by molar-refractivity contribution is -0.192. The predicted octanol–water partition coefficient (Wildman–Crippen LogP) is 1.07. The first-order valence-corrected chi connectivity index (χ1v) is 11.5. The van der Waals surface area contributed by atoms with E-state index in [1.165, 1.54) is 6.07 Å². The van der Waals surface area contributed by atoms with Crippen LogP contribution in [0, 0.1) is 6.92 Å². The molecule has 4 rings (SSSR count). The van der Waals surface area contributed by atoms with E-state index in [2.05, 4.69) is 32.2 Å². The third-order valence-electron chi connectivity index (χ3n) is 5.80. The summed E-state index contributed by atoms with van der Waals surface area (Å²) in [5.41, 5.74) is 2.96. The number of nitrogens with zero attached hydrogens (tertiary/aromatic N) is 3. The van der Waals surface area contributed by atoms with Crippen LogP contribution in [0.15, 0.2) is 67.6 Å². The second kappa shape index (κ2) is 11.6. The molecule has 3 heterocycles. The summed E-state index contributed by atoms with van der Waals surface area (Å²) >= 11 is 0. The lowest BCUT2D eigenvalue weighted by Crippen LogP contribution is -2.62. The number of anilines is 2. The van der Waals surface area contributed by atoms with Crippen molar-refractivity contribution < 1.29 is 34.1 Å². The number of carbonyl (C=O) groups excluding carboxylic acids is 3. The maximum atomic E-state index is 12.9. The first-order chi connectivity index (χ1) is 18.3. The maximum absolute atomic E-state index is 12.9. The summed E-state index contributed by atoms with van der Waals surface area (Å²) in [5, 5.41) is 26.2. The summed E-state index contributed by atoms with van der Waals surface area (Å²) in [5.74, 6) is -2.16. The van der Waals surface area contributed by atoms with Gasteiger partial charge in [-0.25, -0.2) is 19.6 Å². The summed E-state index contributed by atoms with van der Waals surface area (Å²) in [7, 11) is 0. The third-order valence-corrected chi connectivity index (χ3v) is 5.80. The van der Waals surface area contributed by atoms with E-state index in [1.807, 2.05) is 13.0 Å². The lowest BCUT2D eigenvalue weighted by atomic mass is 9.97. The minimum atomic E-state index is -1.70. The molecule has 0 aliphatic carbocycles. The van der Waals surface area contributed by atoms with Crippen LogP contribution >= 0.6 is 0 Å². The summed E-state index contributed by atoms with van der Waals surface area (Å²) < 4.78 is 9.85. The molecule has 4 N–H and O–H groups in total. The maximum Gasteiger partial charge on any atom is 0.331 e. The summed E-state index contributed by atoms with van der Waals surface area (Å²) in [4.78, 5) is 49.5.